The molecule has 1 aromatic carbocycles. The average Bonchev–Trinajstić information content (AvgIpc) is 2.32. The number of hydrogen-bond acceptors (Lipinski definition) is 4. The Hall–Kier alpha value is -1.75. The number of benzene rings is 1. The summed E-state index contributed by atoms with van der Waals surface area (Å²) in [5.41, 5.74) is 0.415. The van der Waals surface area contributed by atoms with Gasteiger partial charge in [0.25, 0.3) is 0 Å². The molecule has 1 aliphatic heterocycles. The van der Waals surface area contributed by atoms with Crippen molar-refractivity contribution in [3.05, 3.63) is 44.5 Å². The minimum atomic E-state index is -0.636. The fourth-order valence-corrected chi connectivity index (χ4v) is 2.05. The normalized spacial score (nSPS) is 13.5. The fraction of sp³-hybridized carbons (Fsp3) is 0.0833. The van der Waals surface area contributed by atoms with E-state index in [9.17, 15) is 9.59 Å². The Morgan fingerprint density at radius 3 is 2.82 bits per heavy atom. The quantitative estimate of drug-likeness (QED) is 0.718. The van der Waals surface area contributed by atoms with Crippen molar-refractivity contribution in [1.82, 2.24) is 0 Å². The van der Waals surface area contributed by atoms with Crippen LogP contribution in [0.25, 0.3) is 6.58 Å². The number of hydrogen-bond donors (Lipinski definition) is 0. The molecular weight excluding hydrogens is 286 g/mol. The highest BCUT2D eigenvalue weighted by Crippen LogP contribution is 2.16. The highest BCUT2D eigenvalue weighted by atomic mass is 79.9. The van der Waals surface area contributed by atoms with Gasteiger partial charge in [-0.15, -0.1) is 0 Å². The molecule has 0 aliphatic carbocycles. The van der Waals surface area contributed by atoms with Gasteiger partial charge in [0.05, 0.1) is 18.0 Å². The second-order valence-electron chi connectivity index (χ2n) is 3.43. The first-order valence-electron chi connectivity index (χ1n) is 4.75. The SMILES string of the molecule is C=c1ccc(Br)c2c1=NC(C(=O)OC)=CC2=O. The van der Waals surface area contributed by atoms with Gasteiger partial charge in [-0.25, -0.2) is 9.79 Å². The van der Waals surface area contributed by atoms with Gasteiger partial charge in [0.1, 0.15) is 0 Å². The molecule has 0 amide bonds. The molecule has 1 aliphatic rings. The molecule has 17 heavy (non-hydrogen) atoms. The Morgan fingerprint density at radius 2 is 2.18 bits per heavy atom. The van der Waals surface area contributed by atoms with Gasteiger partial charge in [0, 0.05) is 10.5 Å². The average molecular weight is 294 g/mol. The van der Waals surface area contributed by atoms with Crippen LogP contribution in [-0.2, 0) is 9.53 Å². The number of rotatable bonds is 1. The van der Waals surface area contributed by atoms with Gasteiger partial charge >= 0.3 is 5.97 Å². The van der Waals surface area contributed by atoms with Crippen molar-refractivity contribution in [3.8, 4) is 0 Å². The van der Waals surface area contributed by atoms with E-state index in [2.05, 4.69) is 32.2 Å². The van der Waals surface area contributed by atoms with Crippen molar-refractivity contribution < 1.29 is 14.3 Å². The van der Waals surface area contributed by atoms with Crippen molar-refractivity contribution in [2.75, 3.05) is 7.11 Å². The maximum Gasteiger partial charge on any atom is 0.356 e. The van der Waals surface area contributed by atoms with Crippen LogP contribution in [0.2, 0.25) is 0 Å². The molecule has 1 aromatic rings. The summed E-state index contributed by atoms with van der Waals surface area (Å²) in [6.07, 6.45) is 1.17. The fourth-order valence-electron chi connectivity index (χ4n) is 1.53. The van der Waals surface area contributed by atoms with Crippen molar-refractivity contribution in [2.45, 2.75) is 0 Å². The molecule has 0 fully saturated rings. The lowest BCUT2D eigenvalue weighted by Gasteiger charge is -2.08. The third-order valence-electron chi connectivity index (χ3n) is 2.35. The Bertz CT molecular complexity index is 661. The van der Waals surface area contributed by atoms with E-state index in [1.807, 2.05) is 0 Å². The molecule has 0 spiro atoms. The van der Waals surface area contributed by atoms with Crippen LogP contribution in [0.5, 0.6) is 0 Å². The van der Waals surface area contributed by atoms with Gasteiger partial charge < -0.3 is 4.74 Å². The Kier molecular flexibility index (Phi) is 2.93. The minimum Gasteiger partial charge on any atom is -0.464 e. The molecule has 5 heteroatoms. The summed E-state index contributed by atoms with van der Waals surface area (Å²) in [5, 5.41) is 0.998. The van der Waals surface area contributed by atoms with E-state index in [1.165, 1.54) is 13.2 Å². The highest BCUT2D eigenvalue weighted by molar-refractivity contribution is 9.10. The summed E-state index contributed by atoms with van der Waals surface area (Å²) in [6.45, 7) is 3.78. The van der Waals surface area contributed by atoms with Crippen LogP contribution in [0.15, 0.2) is 33.4 Å². The third kappa shape index (κ3) is 1.93. The van der Waals surface area contributed by atoms with E-state index < -0.39 is 5.97 Å². The number of ether oxygens (including phenoxy) is 1. The summed E-state index contributed by atoms with van der Waals surface area (Å²) in [5.74, 6) is -0.920. The lowest BCUT2D eigenvalue weighted by molar-refractivity contribution is -0.136. The molecule has 0 saturated heterocycles. The number of methoxy groups -OCH3 is 1. The van der Waals surface area contributed by atoms with Crippen molar-refractivity contribution >= 4 is 34.3 Å². The molecule has 86 valence electrons. The number of allylic oxidation sites excluding steroid dienone is 1. The van der Waals surface area contributed by atoms with Crippen LogP contribution in [0.1, 0.15) is 10.4 Å². The van der Waals surface area contributed by atoms with Gasteiger partial charge in [-0.2, -0.15) is 0 Å². The van der Waals surface area contributed by atoms with Crippen molar-refractivity contribution in [3.63, 3.8) is 0 Å². The predicted molar refractivity (Wildman–Crippen MR) is 64.9 cm³/mol. The Labute approximate surface area is 105 Å². The molecule has 0 aromatic heterocycles. The zero-order valence-corrected chi connectivity index (χ0v) is 10.6. The van der Waals surface area contributed by atoms with E-state index >= 15 is 0 Å². The van der Waals surface area contributed by atoms with E-state index in [4.69, 9.17) is 0 Å². The summed E-state index contributed by atoms with van der Waals surface area (Å²) >= 11 is 3.28. The molecule has 0 radical (unpaired) electrons. The second-order valence-corrected chi connectivity index (χ2v) is 4.28. The maximum absolute atomic E-state index is 11.9. The van der Waals surface area contributed by atoms with Crippen LogP contribution in [0.4, 0.5) is 0 Å². The number of ketones is 1. The molecule has 0 N–H and O–H groups in total. The highest BCUT2D eigenvalue weighted by Gasteiger charge is 2.20. The van der Waals surface area contributed by atoms with Gasteiger partial charge in [0.2, 0.25) is 0 Å². The molecule has 0 unspecified atom stereocenters. The topological polar surface area (TPSA) is 55.7 Å². The lowest BCUT2D eigenvalue weighted by atomic mass is 10.1. The van der Waals surface area contributed by atoms with Gasteiger partial charge in [0.15, 0.2) is 11.5 Å². The van der Waals surface area contributed by atoms with Crippen molar-refractivity contribution in [2.24, 2.45) is 4.99 Å². The molecule has 2 rings (SSSR count). The minimum absolute atomic E-state index is 0.00648. The van der Waals surface area contributed by atoms with Crippen LogP contribution >= 0.6 is 15.9 Å². The lowest BCUT2D eigenvalue weighted by Crippen LogP contribution is -2.33. The predicted octanol–water partition coefficient (Wildman–Crippen LogP) is 0.732. The van der Waals surface area contributed by atoms with Gasteiger partial charge in [-0.1, -0.05) is 12.6 Å². The summed E-state index contributed by atoms with van der Waals surface area (Å²) in [6, 6.07) is 3.45. The van der Waals surface area contributed by atoms with Crippen LogP contribution in [0, 0.1) is 0 Å². The first-order valence-corrected chi connectivity index (χ1v) is 5.54. The maximum atomic E-state index is 11.9. The molecule has 1 heterocycles. The number of carbonyl (C=O) groups is 2. The first kappa shape index (κ1) is 11.7. The largest absolute Gasteiger partial charge is 0.464 e. The second kappa shape index (κ2) is 4.25. The van der Waals surface area contributed by atoms with E-state index in [0.717, 1.165) is 0 Å². The van der Waals surface area contributed by atoms with Crippen LogP contribution in [-0.4, -0.2) is 18.9 Å². The van der Waals surface area contributed by atoms with Crippen molar-refractivity contribution in [1.29, 1.82) is 0 Å². The van der Waals surface area contributed by atoms with E-state index in [-0.39, 0.29) is 11.5 Å². The van der Waals surface area contributed by atoms with Crippen LogP contribution < -0.4 is 10.6 Å². The Balaban J connectivity index is 2.77. The number of halogens is 1. The summed E-state index contributed by atoms with van der Waals surface area (Å²) < 4.78 is 5.17. The number of fused-ring (bicyclic) bond motifs is 1. The van der Waals surface area contributed by atoms with Crippen LogP contribution in [0.3, 0.4) is 0 Å². The standard InChI is InChI=1S/C12H8BrNO3/c1-6-3-4-7(13)10-9(15)5-8(12(16)17-2)14-11(6)10/h3-5H,1H2,2H3. The zero-order valence-electron chi connectivity index (χ0n) is 8.99. The zero-order chi connectivity index (χ0) is 12.6. The number of esters is 1. The van der Waals surface area contributed by atoms with Gasteiger partial charge in [-0.05, 0) is 27.2 Å². The smallest absolute Gasteiger partial charge is 0.356 e. The molecule has 0 atom stereocenters. The monoisotopic (exact) mass is 293 g/mol. The van der Waals surface area contributed by atoms with E-state index in [0.29, 0.717) is 20.6 Å². The molecule has 4 nitrogen and oxygen atoms in total. The summed E-state index contributed by atoms with van der Waals surface area (Å²) in [4.78, 5) is 27.3. The van der Waals surface area contributed by atoms with Gasteiger partial charge in [-0.3, -0.25) is 4.79 Å². The number of nitrogens with zero attached hydrogens (tertiary/aromatic N) is 1. The first-order chi connectivity index (χ1) is 8.04. The number of carbonyl (C=O) groups excluding carboxylic acids is 2. The molecular formula is C12H8BrNO3. The molecule has 0 bridgehead atoms. The summed E-state index contributed by atoms with van der Waals surface area (Å²) in [7, 11) is 1.24. The Morgan fingerprint density at radius 1 is 1.47 bits per heavy atom. The third-order valence-corrected chi connectivity index (χ3v) is 3.01. The van der Waals surface area contributed by atoms with E-state index in [1.54, 1.807) is 12.1 Å². The molecule has 0 saturated carbocycles.